The van der Waals surface area contributed by atoms with Gasteiger partial charge in [-0.3, -0.25) is 0 Å². The van der Waals surface area contributed by atoms with Gasteiger partial charge in [-0.15, -0.1) is 0 Å². The lowest BCUT2D eigenvalue weighted by molar-refractivity contribution is -0.00461. The van der Waals surface area contributed by atoms with Crippen LogP contribution in [0.1, 0.15) is 18.2 Å². The smallest absolute Gasteiger partial charge is 0.129 e. The Kier molecular flexibility index (Phi) is 4.74. The van der Waals surface area contributed by atoms with Crippen LogP contribution >= 0.6 is 0 Å². The Morgan fingerprint density at radius 1 is 1.26 bits per heavy atom. The molecule has 2 rings (SSSR count). The lowest BCUT2D eigenvalue weighted by Crippen LogP contribution is -2.27. The van der Waals surface area contributed by atoms with Crippen molar-refractivity contribution in [2.45, 2.75) is 32.1 Å². The van der Waals surface area contributed by atoms with Crippen LogP contribution < -0.4 is 10.6 Å². The maximum absolute atomic E-state index is 5.75. The minimum Gasteiger partial charge on any atom is -0.377 e. The summed E-state index contributed by atoms with van der Waals surface area (Å²) in [6.07, 6.45) is 1.10. The first kappa shape index (κ1) is 14.2. The van der Waals surface area contributed by atoms with Gasteiger partial charge in [0.2, 0.25) is 0 Å². The van der Waals surface area contributed by atoms with Crippen molar-refractivity contribution in [3.63, 3.8) is 0 Å². The van der Waals surface area contributed by atoms with E-state index in [0.717, 1.165) is 36.6 Å². The number of nitrogens with zero attached hydrogens (tertiary/aromatic N) is 2. The summed E-state index contributed by atoms with van der Waals surface area (Å²) in [5.74, 6) is 0.974. The number of hydrogen-bond donors (Lipinski definition) is 1. The van der Waals surface area contributed by atoms with Crippen molar-refractivity contribution in [1.29, 1.82) is 0 Å². The summed E-state index contributed by atoms with van der Waals surface area (Å²) in [5.41, 5.74) is 7.95. The summed E-state index contributed by atoms with van der Waals surface area (Å²) >= 11 is 0. The molecule has 1 aliphatic rings. The van der Waals surface area contributed by atoms with Crippen molar-refractivity contribution in [3.8, 4) is 0 Å². The number of aromatic nitrogens is 1. The van der Waals surface area contributed by atoms with Crippen molar-refractivity contribution in [2.24, 2.45) is 5.73 Å². The van der Waals surface area contributed by atoms with E-state index < -0.39 is 0 Å². The van der Waals surface area contributed by atoms with E-state index in [1.165, 1.54) is 0 Å². The molecule has 2 unspecified atom stereocenters. The molecule has 19 heavy (non-hydrogen) atoms. The van der Waals surface area contributed by atoms with Crippen LogP contribution in [-0.2, 0) is 22.4 Å². The molecule has 0 spiro atoms. The second-order valence-electron chi connectivity index (χ2n) is 4.84. The fraction of sp³-hybridized carbons (Fsp3) is 0.643. The zero-order valence-corrected chi connectivity index (χ0v) is 11.9. The summed E-state index contributed by atoms with van der Waals surface area (Å²) in [5, 5.41) is 0. The van der Waals surface area contributed by atoms with Gasteiger partial charge < -0.3 is 20.1 Å². The van der Waals surface area contributed by atoms with E-state index >= 15 is 0 Å². The third-order valence-electron chi connectivity index (χ3n) is 3.67. The van der Waals surface area contributed by atoms with Gasteiger partial charge in [0, 0.05) is 39.5 Å². The zero-order valence-electron chi connectivity index (χ0n) is 11.9. The number of hydrogen-bond acceptors (Lipinski definition) is 5. The number of anilines is 1. The molecular weight excluding hydrogens is 242 g/mol. The van der Waals surface area contributed by atoms with E-state index in [2.05, 4.69) is 28.9 Å². The molecule has 0 aliphatic carbocycles. The molecule has 1 fully saturated rings. The van der Waals surface area contributed by atoms with Crippen LogP contribution in [0.3, 0.4) is 0 Å². The Bertz CT molecular complexity index is 391. The van der Waals surface area contributed by atoms with E-state index in [1.807, 2.05) is 0 Å². The molecule has 0 bridgehead atoms. The summed E-state index contributed by atoms with van der Waals surface area (Å²) in [6.45, 7) is 4.25. The summed E-state index contributed by atoms with van der Waals surface area (Å²) in [7, 11) is 3.45. The van der Waals surface area contributed by atoms with Gasteiger partial charge >= 0.3 is 0 Å². The fourth-order valence-corrected chi connectivity index (χ4v) is 2.48. The van der Waals surface area contributed by atoms with Gasteiger partial charge in [0.1, 0.15) is 18.0 Å². The number of methoxy groups -OCH3 is 2. The molecule has 2 heterocycles. The van der Waals surface area contributed by atoms with E-state index in [1.54, 1.807) is 14.2 Å². The van der Waals surface area contributed by atoms with Gasteiger partial charge in [0.15, 0.2) is 0 Å². The van der Waals surface area contributed by atoms with Gasteiger partial charge in [0.05, 0.1) is 0 Å². The summed E-state index contributed by atoms with van der Waals surface area (Å²) < 4.78 is 10.9. The van der Waals surface area contributed by atoms with E-state index in [-0.39, 0.29) is 12.2 Å². The minimum absolute atomic E-state index is 0.0957. The average molecular weight is 265 g/mol. The highest BCUT2D eigenvalue weighted by Crippen LogP contribution is 2.23. The third kappa shape index (κ3) is 3.05. The highest BCUT2D eigenvalue weighted by atomic mass is 16.5. The van der Waals surface area contributed by atoms with Gasteiger partial charge in [0.25, 0.3) is 0 Å². The SMILES string of the molecule is CCc1cc(CN)cc(N2CC(OC)C(OC)C2)n1. The molecule has 106 valence electrons. The molecule has 1 aromatic rings. The van der Waals surface area contributed by atoms with Gasteiger partial charge in [-0.25, -0.2) is 4.98 Å². The number of ether oxygens (including phenoxy) is 2. The lowest BCUT2D eigenvalue weighted by atomic mass is 10.2. The molecule has 0 saturated carbocycles. The molecule has 0 aromatic carbocycles. The normalized spacial score (nSPS) is 23.1. The van der Waals surface area contributed by atoms with Crippen molar-refractivity contribution in [1.82, 2.24) is 4.98 Å². The number of pyridine rings is 1. The van der Waals surface area contributed by atoms with Crippen LogP contribution in [-0.4, -0.2) is 44.5 Å². The number of nitrogens with two attached hydrogens (primary N) is 1. The van der Waals surface area contributed by atoms with Gasteiger partial charge in [-0.05, 0) is 24.1 Å². The molecule has 0 radical (unpaired) electrons. The quantitative estimate of drug-likeness (QED) is 0.859. The van der Waals surface area contributed by atoms with Crippen LogP contribution in [0.5, 0.6) is 0 Å². The highest BCUT2D eigenvalue weighted by molar-refractivity contribution is 5.44. The maximum atomic E-state index is 5.75. The molecule has 2 atom stereocenters. The van der Waals surface area contributed by atoms with Crippen molar-refractivity contribution >= 4 is 5.82 Å². The fourth-order valence-electron chi connectivity index (χ4n) is 2.48. The van der Waals surface area contributed by atoms with E-state index in [0.29, 0.717) is 6.54 Å². The van der Waals surface area contributed by atoms with Crippen molar-refractivity contribution in [3.05, 3.63) is 23.4 Å². The minimum atomic E-state index is 0.0957. The van der Waals surface area contributed by atoms with Crippen molar-refractivity contribution < 1.29 is 9.47 Å². The topological polar surface area (TPSA) is 60.6 Å². The molecule has 1 aliphatic heterocycles. The van der Waals surface area contributed by atoms with Crippen molar-refractivity contribution in [2.75, 3.05) is 32.2 Å². The Labute approximate surface area is 114 Å². The molecule has 5 heteroatoms. The highest BCUT2D eigenvalue weighted by Gasteiger charge is 2.33. The maximum Gasteiger partial charge on any atom is 0.129 e. The zero-order chi connectivity index (χ0) is 13.8. The first-order valence-corrected chi connectivity index (χ1v) is 6.72. The first-order chi connectivity index (χ1) is 9.21. The van der Waals surface area contributed by atoms with Gasteiger partial charge in [-0.2, -0.15) is 0 Å². The standard InChI is InChI=1S/C14H23N3O2/c1-4-11-5-10(7-15)6-14(16-11)17-8-12(18-2)13(9-17)19-3/h5-6,12-13H,4,7-9,15H2,1-3H3. The molecule has 5 nitrogen and oxygen atoms in total. The molecule has 2 N–H and O–H groups in total. The van der Waals surface area contributed by atoms with Crippen LogP contribution in [0.25, 0.3) is 0 Å². The monoisotopic (exact) mass is 265 g/mol. The first-order valence-electron chi connectivity index (χ1n) is 6.72. The van der Waals surface area contributed by atoms with Gasteiger partial charge in [-0.1, -0.05) is 6.92 Å². The van der Waals surface area contributed by atoms with Crippen LogP contribution in [0.15, 0.2) is 12.1 Å². The summed E-state index contributed by atoms with van der Waals surface area (Å²) in [6, 6.07) is 4.13. The Hall–Kier alpha value is -1.17. The largest absolute Gasteiger partial charge is 0.377 e. The Morgan fingerprint density at radius 2 is 1.89 bits per heavy atom. The number of rotatable bonds is 5. The van der Waals surface area contributed by atoms with E-state index in [4.69, 9.17) is 15.2 Å². The number of aryl methyl sites for hydroxylation is 1. The van der Waals surface area contributed by atoms with Crippen LogP contribution in [0, 0.1) is 0 Å². The second-order valence-corrected chi connectivity index (χ2v) is 4.84. The Balaban J connectivity index is 2.22. The molecular formula is C14H23N3O2. The predicted molar refractivity (Wildman–Crippen MR) is 75.3 cm³/mol. The molecule has 1 saturated heterocycles. The third-order valence-corrected chi connectivity index (χ3v) is 3.67. The summed E-state index contributed by atoms with van der Waals surface area (Å²) in [4.78, 5) is 6.89. The molecule has 0 amide bonds. The van der Waals surface area contributed by atoms with Crippen LogP contribution in [0.4, 0.5) is 5.82 Å². The lowest BCUT2D eigenvalue weighted by Gasteiger charge is -2.18. The molecule has 1 aromatic heterocycles. The second kappa shape index (κ2) is 6.32. The average Bonchev–Trinajstić information content (AvgIpc) is 2.89. The predicted octanol–water partition coefficient (Wildman–Crippen LogP) is 0.953. The van der Waals surface area contributed by atoms with E-state index in [9.17, 15) is 0 Å². The van der Waals surface area contributed by atoms with Crippen LogP contribution in [0.2, 0.25) is 0 Å². The Morgan fingerprint density at radius 3 is 2.37 bits per heavy atom.